The van der Waals surface area contributed by atoms with Crippen LogP contribution in [0.3, 0.4) is 0 Å². The summed E-state index contributed by atoms with van der Waals surface area (Å²) in [5.74, 6) is -0.0264. The van der Waals surface area contributed by atoms with E-state index in [0.717, 1.165) is 0 Å². The van der Waals surface area contributed by atoms with Gasteiger partial charge < -0.3 is 20.9 Å². The predicted molar refractivity (Wildman–Crippen MR) is 75.7 cm³/mol. The highest BCUT2D eigenvalue weighted by Gasteiger charge is 2.43. The molecule has 19 heavy (non-hydrogen) atoms. The average molecular weight is 284 g/mol. The molecule has 2 atom stereocenters. The van der Waals surface area contributed by atoms with Crippen LogP contribution in [0.15, 0.2) is 0 Å². The second-order valence-corrected chi connectivity index (χ2v) is 5.77. The first-order chi connectivity index (χ1) is 8.90. The highest BCUT2D eigenvalue weighted by Crippen LogP contribution is 2.26. The maximum Gasteiger partial charge on any atom is 0.317 e. The van der Waals surface area contributed by atoms with E-state index in [1.807, 2.05) is 6.92 Å². The molecule has 0 aromatic rings. The SMILES string of the molecule is CCC(C)(C(=O)N1CCN2C(=O)NCC2C1)C(N)=S. The Morgan fingerprint density at radius 2 is 2.26 bits per heavy atom. The fraction of sp³-hybridized carbons (Fsp3) is 0.750. The Labute approximate surface area is 118 Å². The van der Waals surface area contributed by atoms with Crippen molar-refractivity contribution in [3.63, 3.8) is 0 Å². The molecular weight excluding hydrogens is 264 g/mol. The Morgan fingerprint density at radius 1 is 1.58 bits per heavy atom. The number of carbonyl (C=O) groups excluding carboxylic acids is 2. The van der Waals surface area contributed by atoms with Crippen LogP contribution in [0.5, 0.6) is 0 Å². The van der Waals surface area contributed by atoms with Gasteiger partial charge in [0.1, 0.15) is 0 Å². The third kappa shape index (κ3) is 2.27. The van der Waals surface area contributed by atoms with E-state index in [0.29, 0.717) is 32.6 Å². The molecule has 0 radical (unpaired) electrons. The van der Waals surface area contributed by atoms with Crippen LogP contribution in [-0.4, -0.2) is 58.9 Å². The van der Waals surface area contributed by atoms with Gasteiger partial charge in [-0.2, -0.15) is 0 Å². The number of amides is 3. The lowest BCUT2D eigenvalue weighted by Crippen LogP contribution is -2.58. The number of hydrogen-bond acceptors (Lipinski definition) is 3. The lowest BCUT2D eigenvalue weighted by molar-refractivity contribution is -0.140. The number of rotatable bonds is 3. The van der Waals surface area contributed by atoms with E-state index in [9.17, 15) is 9.59 Å². The maximum absolute atomic E-state index is 12.6. The van der Waals surface area contributed by atoms with Crippen molar-refractivity contribution < 1.29 is 9.59 Å². The first kappa shape index (κ1) is 14.0. The summed E-state index contributed by atoms with van der Waals surface area (Å²) in [6, 6.07) is 0.0300. The van der Waals surface area contributed by atoms with Gasteiger partial charge in [-0.15, -0.1) is 0 Å². The number of fused-ring (bicyclic) bond motifs is 1. The third-order valence-corrected chi connectivity index (χ3v) is 4.69. The number of nitrogens with two attached hydrogens (primary N) is 1. The number of urea groups is 1. The van der Waals surface area contributed by atoms with Crippen molar-refractivity contribution in [1.82, 2.24) is 15.1 Å². The van der Waals surface area contributed by atoms with E-state index in [1.54, 1.807) is 16.7 Å². The van der Waals surface area contributed by atoms with Gasteiger partial charge in [-0.05, 0) is 13.3 Å². The quantitative estimate of drug-likeness (QED) is 0.711. The van der Waals surface area contributed by atoms with Gasteiger partial charge in [0.25, 0.3) is 0 Å². The molecule has 3 N–H and O–H groups in total. The number of hydrogen-bond donors (Lipinski definition) is 2. The molecule has 2 saturated heterocycles. The summed E-state index contributed by atoms with van der Waals surface area (Å²) in [6.07, 6.45) is 0.587. The summed E-state index contributed by atoms with van der Waals surface area (Å²) in [5.41, 5.74) is 4.94. The van der Waals surface area contributed by atoms with Crippen molar-refractivity contribution in [2.45, 2.75) is 26.3 Å². The molecule has 106 valence electrons. The standard InChI is InChI=1S/C12H20N4O2S/c1-3-12(2,9(13)19)10(17)15-4-5-16-8(7-15)6-14-11(16)18/h8H,3-7H2,1-2H3,(H2,13,19)(H,14,18). The molecule has 0 spiro atoms. The van der Waals surface area contributed by atoms with E-state index in [-0.39, 0.29) is 23.0 Å². The zero-order valence-corrected chi connectivity index (χ0v) is 12.1. The van der Waals surface area contributed by atoms with Gasteiger partial charge in [-0.1, -0.05) is 19.1 Å². The second kappa shape index (κ2) is 4.96. The Kier molecular flexibility index (Phi) is 3.66. The van der Waals surface area contributed by atoms with Crippen molar-refractivity contribution in [2.24, 2.45) is 11.1 Å². The van der Waals surface area contributed by atoms with E-state index < -0.39 is 5.41 Å². The van der Waals surface area contributed by atoms with Crippen molar-refractivity contribution in [1.29, 1.82) is 0 Å². The van der Waals surface area contributed by atoms with Crippen molar-refractivity contribution in [2.75, 3.05) is 26.2 Å². The van der Waals surface area contributed by atoms with Gasteiger partial charge in [-0.25, -0.2) is 4.79 Å². The first-order valence-corrected chi connectivity index (χ1v) is 6.94. The van der Waals surface area contributed by atoms with Gasteiger partial charge in [0.2, 0.25) is 5.91 Å². The lowest BCUT2D eigenvalue weighted by Gasteiger charge is -2.40. The minimum atomic E-state index is -0.784. The van der Waals surface area contributed by atoms with Crippen molar-refractivity contribution >= 4 is 29.1 Å². The third-order valence-electron chi connectivity index (χ3n) is 4.24. The number of thiocarbonyl (C=S) groups is 1. The van der Waals surface area contributed by atoms with E-state index >= 15 is 0 Å². The van der Waals surface area contributed by atoms with Crippen LogP contribution in [-0.2, 0) is 4.79 Å². The molecule has 6 nitrogen and oxygen atoms in total. The summed E-state index contributed by atoms with van der Waals surface area (Å²) in [5, 5.41) is 2.80. The summed E-state index contributed by atoms with van der Waals surface area (Å²) < 4.78 is 0. The fourth-order valence-electron chi connectivity index (χ4n) is 2.57. The molecular formula is C12H20N4O2S. The summed E-state index contributed by atoms with van der Waals surface area (Å²) in [7, 11) is 0. The zero-order chi connectivity index (χ0) is 14.2. The number of piperazine rings is 1. The molecule has 2 fully saturated rings. The first-order valence-electron chi connectivity index (χ1n) is 6.54. The monoisotopic (exact) mass is 284 g/mol. The summed E-state index contributed by atoms with van der Waals surface area (Å²) in [6.45, 7) is 5.96. The smallest absolute Gasteiger partial charge is 0.317 e. The highest BCUT2D eigenvalue weighted by atomic mass is 32.1. The van der Waals surface area contributed by atoms with Gasteiger partial charge in [0.05, 0.1) is 16.4 Å². The average Bonchev–Trinajstić information content (AvgIpc) is 2.77. The Hall–Kier alpha value is -1.37. The number of nitrogens with zero attached hydrogens (tertiary/aromatic N) is 2. The largest absolute Gasteiger partial charge is 0.392 e. The number of carbonyl (C=O) groups is 2. The van der Waals surface area contributed by atoms with Crippen LogP contribution in [0.25, 0.3) is 0 Å². The topological polar surface area (TPSA) is 78.7 Å². The van der Waals surface area contributed by atoms with Crippen LogP contribution in [0.1, 0.15) is 20.3 Å². The van der Waals surface area contributed by atoms with Gasteiger partial charge in [0.15, 0.2) is 0 Å². The molecule has 2 aliphatic heterocycles. The van der Waals surface area contributed by atoms with E-state index in [4.69, 9.17) is 18.0 Å². The van der Waals surface area contributed by atoms with Gasteiger partial charge in [0, 0.05) is 26.2 Å². The van der Waals surface area contributed by atoms with E-state index in [1.165, 1.54) is 0 Å². The van der Waals surface area contributed by atoms with Crippen molar-refractivity contribution in [3.8, 4) is 0 Å². The van der Waals surface area contributed by atoms with E-state index in [2.05, 4.69) is 5.32 Å². The maximum atomic E-state index is 12.6. The molecule has 0 aromatic carbocycles. The molecule has 3 amide bonds. The van der Waals surface area contributed by atoms with Crippen LogP contribution >= 0.6 is 12.2 Å². The highest BCUT2D eigenvalue weighted by molar-refractivity contribution is 7.80. The zero-order valence-electron chi connectivity index (χ0n) is 11.3. The molecule has 2 rings (SSSR count). The molecule has 7 heteroatoms. The Bertz CT molecular complexity index is 428. The summed E-state index contributed by atoms with van der Waals surface area (Å²) in [4.78, 5) is 27.9. The molecule has 0 aliphatic carbocycles. The number of nitrogens with one attached hydrogen (secondary N) is 1. The Morgan fingerprint density at radius 3 is 2.84 bits per heavy atom. The predicted octanol–water partition coefficient (Wildman–Crippen LogP) is -0.0752. The molecule has 0 bridgehead atoms. The van der Waals surface area contributed by atoms with Crippen LogP contribution in [0.4, 0.5) is 4.79 Å². The fourth-order valence-corrected chi connectivity index (χ4v) is 2.80. The van der Waals surface area contributed by atoms with Crippen LogP contribution in [0.2, 0.25) is 0 Å². The summed E-state index contributed by atoms with van der Waals surface area (Å²) >= 11 is 5.04. The minimum absolute atomic E-state index is 0.0264. The van der Waals surface area contributed by atoms with Gasteiger partial charge >= 0.3 is 6.03 Å². The lowest BCUT2D eigenvalue weighted by atomic mass is 9.85. The normalized spacial score (nSPS) is 25.6. The molecule has 2 aliphatic rings. The second-order valence-electron chi connectivity index (χ2n) is 5.33. The molecule has 0 saturated carbocycles. The van der Waals surface area contributed by atoms with Gasteiger partial charge in [-0.3, -0.25) is 4.79 Å². The molecule has 2 heterocycles. The van der Waals surface area contributed by atoms with Crippen LogP contribution in [0, 0.1) is 5.41 Å². The molecule has 2 unspecified atom stereocenters. The van der Waals surface area contributed by atoms with Crippen molar-refractivity contribution in [3.05, 3.63) is 0 Å². The molecule has 0 aromatic heterocycles. The van der Waals surface area contributed by atoms with Crippen LogP contribution < -0.4 is 11.1 Å². The Balaban J connectivity index is 2.10. The minimum Gasteiger partial charge on any atom is -0.392 e.